The number of nitrogens with zero attached hydrogens (tertiary/aromatic N) is 1. The van der Waals surface area contributed by atoms with Crippen LogP contribution in [0.5, 0.6) is 0 Å². The molecule has 0 spiro atoms. The molecule has 1 fully saturated rings. The third kappa shape index (κ3) is 3.51. The second kappa shape index (κ2) is 6.41. The molecule has 0 radical (unpaired) electrons. The van der Waals surface area contributed by atoms with Crippen LogP contribution in [-0.2, 0) is 10.0 Å². The summed E-state index contributed by atoms with van der Waals surface area (Å²) in [6, 6.07) is 5.02. The molecule has 1 aromatic rings. The van der Waals surface area contributed by atoms with Gasteiger partial charge in [0, 0.05) is 28.1 Å². The molecule has 1 saturated heterocycles. The van der Waals surface area contributed by atoms with E-state index in [2.05, 4.69) is 31.9 Å². The molecule has 0 aliphatic carbocycles. The van der Waals surface area contributed by atoms with Gasteiger partial charge in [-0.2, -0.15) is 4.31 Å². The second-order valence-corrected chi connectivity index (χ2v) is 8.21. The van der Waals surface area contributed by atoms with E-state index in [1.54, 1.807) is 18.2 Å². The van der Waals surface area contributed by atoms with Gasteiger partial charge < -0.3 is 5.73 Å². The van der Waals surface area contributed by atoms with E-state index in [-0.39, 0.29) is 29.3 Å². The molecule has 0 saturated carbocycles. The Morgan fingerprint density at radius 3 is 2.47 bits per heavy atom. The average Bonchev–Trinajstić information content (AvgIpc) is 2.63. The molecule has 4 nitrogen and oxygen atoms in total. The Kier molecular flexibility index (Phi) is 5.86. The molecule has 0 bridgehead atoms. The minimum Gasteiger partial charge on any atom is -0.326 e. The van der Waals surface area contributed by atoms with E-state index in [0.717, 1.165) is 4.47 Å². The van der Waals surface area contributed by atoms with Crippen LogP contribution in [0.25, 0.3) is 0 Å². The van der Waals surface area contributed by atoms with Gasteiger partial charge in [-0.15, -0.1) is 12.4 Å². The van der Waals surface area contributed by atoms with Gasteiger partial charge in [0.15, 0.2) is 0 Å². The first kappa shape index (κ1) is 17.4. The summed E-state index contributed by atoms with van der Waals surface area (Å²) < 4.78 is 27.8. The predicted molar refractivity (Wildman–Crippen MR) is 85.0 cm³/mol. The highest BCUT2D eigenvalue weighted by atomic mass is 79.9. The minimum atomic E-state index is -3.48. The first-order valence-electron chi connectivity index (χ1n) is 5.53. The molecule has 1 aromatic carbocycles. The summed E-state index contributed by atoms with van der Waals surface area (Å²) in [4.78, 5) is 0.276. The van der Waals surface area contributed by atoms with Crippen molar-refractivity contribution in [2.75, 3.05) is 13.1 Å². The molecule has 0 aromatic heterocycles. The average molecular weight is 435 g/mol. The zero-order valence-corrected chi connectivity index (χ0v) is 15.0. The number of halogens is 3. The van der Waals surface area contributed by atoms with Gasteiger partial charge in [0.25, 0.3) is 0 Å². The molecule has 2 unspecified atom stereocenters. The van der Waals surface area contributed by atoms with Crippen LogP contribution in [0.2, 0.25) is 0 Å². The Balaban J connectivity index is 0.00000180. The highest BCUT2D eigenvalue weighted by Crippen LogP contribution is 2.30. The maximum absolute atomic E-state index is 12.5. The Morgan fingerprint density at radius 2 is 1.95 bits per heavy atom. The molecule has 108 valence electrons. The van der Waals surface area contributed by atoms with E-state index in [4.69, 9.17) is 5.73 Å². The van der Waals surface area contributed by atoms with Crippen molar-refractivity contribution in [3.8, 4) is 0 Å². The largest absolute Gasteiger partial charge is 0.326 e. The van der Waals surface area contributed by atoms with Crippen LogP contribution in [0.15, 0.2) is 32.0 Å². The first-order chi connectivity index (χ1) is 8.32. The summed E-state index contributed by atoms with van der Waals surface area (Å²) in [5.74, 6) is 0.186. The maximum Gasteiger partial charge on any atom is 0.244 e. The van der Waals surface area contributed by atoms with E-state index in [1.165, 1.54) is 4.31 Å². The Morgan fingerprint density at radius 1 is 1.32 bits per heavy atom. The monoisotopic (exact) mass is 432 g/mol. The fourth-order valence-electron chi connectivity index (χ4n) is 1.96. The van der Waals surface area contributed by atoms with E-state index >= 15 is 0 Å². The fraction of sp³-hybridized carbons (Fsp3) is 0.455. The van der Waals surface area contributed by atoms with E-state index < -0.39 is 10.0 Å². The van der Waals surface area contributed by atoms with Gasteiger partial charge >= 0.3 is 0 Å². The van der Waals surface area contributed by atoms with Crippen LogP contribution in [0.4, 0.5) is 0 Å². The molecule has 1 heterocycles. The zero-order chi connectivity index (χ0) is 13.5. The second-order valence-electron chi connectivity index (χ2n) is 4.54. The minimum absolute atomic E-state index is 0. The van der Waals surface area contributed by atoms with Crippen LogP contribution >= 0.6 is 44.3 Å². The molecule has 2 rings (SSSR count). The van der Waals surface area contributed by atoms with Gasteiger partial charge in [0.2, 0.25) is 10.0 Å². The van der Waals surface area contributed by atoms with Crippen LogP contribution in [0.1, 0.15) is 6.92 Å². The number of benzene rings is 1. The summed E-state index contributed by atoms with van der Waals surface area (Å²) in [5.41, 5.74) is 5.88. The SMILES string of the molecule is CC1CN(S(=O)(=O)c2cc(Br)ccc2Br)CC1N.Cl. The smallest absolute Gasteiger partial charge is 0.244 e. The van der Waals surface area contributed by atoms with Gasteiger partial charge in [-0.25, -0.2) is 8.42 Å². The molecular weight excluding hydrogens is 419 g/mol. The van der Waals surface area contributed by atoms with E-state index in [9.17, 15) is 8.42 Å². The maximum atomic E-state index is 12.5. The van der Waals surface area contributed by atoms with Crippen LogP contribution in [0, 0.1) is 5.92 Å². The first-order valence-corrected chi connectivity index (χ1v) is 8.56. The Hall–Kier alpha value is 0.340. The molecule has 19 heavy (non-hydrogen) atoms. The van der Waals surface area contributed by atoms with Gasteiger partial charge in [-0.1, -0.05) is 22.9 Å². The van der Waals surface area contributed by atoms with Gasteiger partial charge in [0.1, 0.15) is 0 Å². The number of rotatable bonds is 2. The summed E-state index contributed by atoms with van der Waals surface area (Å²) in [6.07, 6.45) is 0. The van der Waals surface area contributed by atoms with Crippen LogP contribution in [0.3, 0.4) is 0 Å². The number of hydrogen-bond acceptors (Lipinski definition) is 3. The summed E-state index contributed by atoms with van der Waals surface area (Å²) in [5, 5.41) is 0. The molecule has 2 N–H and O–H groups in total. The highest BCUT2D eigenvalue weighted by Gasteiger charge is 2.36. The van der Waals surface area contributed by atoms with Crippen molar-refractivity contribution < 1.29 is 8.42 Å². The lowest BCUT2D eigenvalue weighted by Crippen LogP contribution is -2.32. The van der Waals surface area contributed by atoms with Crippen molar-refractivity contribution in [1.82, 2.24) is 4.31 Å². The summed E-state index contributed by atoms with van der Waals surface area (Å²) in [7, 11) is -3.48. The number of sulfonamides is 1. The predicted octanol–water partition coefficient (Wildman–Crippen LogP) is 2.60. The lowest BCUT2D eigenvalue weighted by Gasteiger charge is -2.17. The molecule has 1 aliphatic heterocycles. The lowest BCUT2D eigenvalue weighted by molar-refractivity contribution is 0.464. The molecule has 0 amide bonds. The summed E-state index contributed by atoms with van der Waals surface area (Å²) in [6.45, 7) is 2.82. The molecule has 2 atom stereocenters. The normalized spacial score (nSPS) is 24.2. The molecule has 8 heteroatoms. The third-order valence-corrected chi connectivity index (χ3v) is 6.47. The van der Waals surface area contributed by atoms with Crippen LogP contribution in [-0.4, -0.2) is 31.9 Å². The standard InChI is InChI=1S/C11H14Br2N2O2S.ClH/c1-7-5-15(6-10(7)14)18(16,17)11-4-8(12)2-3-9(11)13;/h2-4,7,10H,5-6,14H2,1H3;1H. The topological polar surface area (TPSA) is 63.4 Å². The zero-order valence-electron chi connectivity index (χ0n) is 10.2. The van der Waals surface area contributed by atoms with Crippen LogP contribution < -0.4 is 5.73 Å². The van der Waals surface area contributed by atoms with Crippen molar-refractivity contribution in [2.24, 2.45) is 11.7 Å². The molecule has 1 aliphatic rings. The van der Waals surface area contributed by atoms with Crippen molar-refractivity contribution in [1.29, 1.82) is 0 Å². The van der Waals surface area contributed by atoms with Crippen molar-refractivity contribution >= 4 is 54.3 Å². The van der Waals surface area contributed by atoms with Crippen molar-refractivity contribution in [3.63, 3.8) is 0 Å². The quantitative estimate of drug-likeness (QED) is 0.778. The third-order valence-electron chi connectivity index (χ3n) is 3.15. The van der Waals surface area contributed by atoms with Gasteiger partial charge in [-0.3, -0.25) is 0 Å². The van der Waals surface area contributed by atoms with Gasteiger partial charge in [-0.05, 0) is 40.0 Å². The van der Waals surface area contributed by atoms with E-state index in [1.807, 2.05) is 6.92 Å². The van der Waals surface area contributed by atoms with Crippen molar-refractivity contribution in [2.45, 2.75) is 17.9 Å². The highest BCUT2D eigenvalue weighted by molar-refractivity contribution is 9.11. The van der Waals surface area contributed by atoms with Crippen molar-refractivity contribution in [3.05, 3.63) is 27.1 Å². The van der Waals surface area contributed by atoms with Gasteiger partial charge in [0.05, 0.1) is 4.90 Å². The summed E-state index contributed by atoms with van der Waals surface area (Å²) >= 11 is 6.58. The fourth-order valence-corrected chi connectivity index (χ4v) is 5.00. The molecular formula is C11H15Br2ClN2O2S. The lowest BCUT2D eigenvalue weighted by atomic mass is 10.1. The Labute approximate surface area is 136 Å². The number of nitrogens with two attached hydrogens (primary N) is 1. The number of hydrogen-bond donors (Lipinski definition) is 1. The van der Waals surface area contributed by atoms with E-state index in [0.29, 0.717) is 17.6 Å². The Bertz CT molecular complexity index is 558.